The Morgan fingerprint density at radius 1 is 0.976 bits per heavy atom. The third-order valence-electron chi connectivity index (χ3n) is 7.60. The number of carbonyl (C=O) groups is 1. The Labute approximate surface area is 242 Å². The number of carbonyl (C=O) groups excluding carboxylic acids is 1. The van der Waals surface area contributed by atoms with Gasteiger partial charge in [-0.1, -0.05) is 0 Å². The molecule has 1 aliphatic carbocycles. The van der Waals surface area contributed by atoms with Crippen LogP contribution < -0.4 is 34.0 Å². The first-order valence-electron chi connectivity index (χ1n) is 13.7. The highest BCUT2D eigenvalue weighted by Crippen LogP contribution is 2.42. The quantitative estimate of drug-likeness (QED) is 0.0890. The maximum Gasteiger partial charge on any atom is 0.470 e. The van der Waals surface area contributed by atoms with Crippen molar-refractivity contribution in [3.63, 3.8) is 0 Å². The van der Waals surface area contributed by atoms with Crippen LogP contribution in [0, 0.1) is 0 Å². The van der Waals surface area contributed by atoms with E-state index in [0.29, 0.717) is 12.8 Å². The molecule has 1 amide bonds. The van der Waals surface area contributed by atoms with Crippen LogP contribution in [0.15, 0.2) is 0 Å². The van der Waals surface area contributed by atoms with Crippen LogP contribution in [-0.2, 0) is 32.8 Å². The van der Waals surface area contributed by atoms with E-state index in [1.165, 1.54) is 0 Å². The number of phosphoric ester groups is 1. The predicted molar refractivity (Wildman–Crippen MR) is 142 cm³/mol. The maximum atomic E-state index is 12.7. The minimum atomic E-state index is -5.23. The zero-order valence-corrected chi connectivity index (χ0v) is 23.8. The summed E-state index contributed by atoms with van der Waals surface area (Å²) < 4.78 is 39.8. The second-order valence-electron chi connectivity index (χ2n) is 10.8. The summed E-state index contributed by atoms with van der Waals surface area (Å²) in [7, 11) is -5.23. The first kappa shape index (κ1) is 35.5. The number of nitrogens with two attached hydrogens (primary N) is 5. The van der Waals surface area contributed by atoms with Crippen LogP contribution in [0.4, 0.5) is 0 Å². The lowest BCUT2D eigenvalue weighted by atomic mass is 9.83. The van der Waals surface area contributed by atoms with Crippen molar-refractivity contribution >= 4 is 13.7 Å². The monoisotopic (exact) mass is 632 g/mol. The molecular weight excluding hydrogens is 587 g/mol. The highest BCUT2D eigenvalue weighted by Gasteiger charge is 2.52. The van der Waals surface area contributed by atoms with Gasteiger partial charge in [-0.2, -0.15) is 0 Å². The van der Waals surface area contributed by atoms with Gasteiger partial charge >= 0.3 is 7.82 Å². The smallest absolute Gasteiger partial charge is 0.394 e. The van der Waals surface area contributed by atoms with Crippen molar-refractivity contribution in [2.24, 2.45) is 28.7 Å². The molecule has 20 heteroatoms. The molecule has 0 aromatic heterocycles. The van der Waals surface area contributed by atoms with Gasteiger partial charge in [0.25, 0.3) is 0 Å². The summed E-state index contributed by atoms with van der Waals surface area (Å²) in [6.07, 6.45) is -12.8. The molecule has 2 heterocycles. The van der Waals surface area contributed by atoms with Crippen molar-refractivity contribution in [2.45, 2.75) is 111 Å². The van der Waals surface area contributed by atoms with Crippen molar-refractivity contribution in [1.29, 1.82) is 0 Å². The molecule has 2 saturated heterocycles. The number of nitrogens with one attached hydrogen (secondary N) is 1. The standard InChI is InChI=1S/C22H45N6O13P/c23-4-3-12(30)20(33)28-11-5-10(26)17(39-21-9(25)2-1-8(6-24)37-21)16(32)18(11)40-22-19(41-42(34,35)36)14(27)15(31)13(7-29)38-22/h8-19,21-22,29-32H,1-7,23-27H2,(H,28,33)(H2,34,35,36)/t8-,9+,10-,11+,12-,13+,14-,15+,16-,17+,18-,19+,21+,22+/m0/s1. The molecular formula is C22H45N6O13P. The topological polar surface area (TPSA) is 344 Å². The van der Waals surface area contributed by atoms with Crippen molar-refractivity contribution < 1.29 is 63.0 Å². The van der Waals surface area contributed by atoms with Crippen LogP contribution in [-0.4, -0.2) is 141 Å². The fourth-order valence-electron chi connectivity index (χ4n) is 5.29. The van der Waals surface area contributed by atoms with Crippen LogP contribution in [0.5, 0.6) is 0 Å². The lowest BCUT2D eigenvalue weighted by Gasteiger charge is -2.49. The summed E-state index contributed by atoms with van der Waals surface area (Å²) in [5.74, 6) is -0.853. The van der Waals surface area contributed by atoms with Gasteiger partial charge in [0.2, 0.25) is 5.91 Å². The molecule has 3 rings (SSSR count). The number of ether oxygens (including phenoxy) is 4. The number of phosphoric acid groups is 1. The zero-order valence-electron chi connectivity index (χ0n) is 22.9. The van der Waals surface area contributed by atoms with Gasteiger partial charge in [0.1, 0.15) is 42.7 Å². The van der Waals surface area contributed by atoms with E-state index < -0.39 is 99.8 Å². The number of rotatable bonds is 12. The lowest BCUT2D eigenvalue weighted by Crippen LogP contribution is -2.69. The molecule has 1 saturated carbocycles. The Morgan fingerprint density at radius 3 is 2.24 bits per heavy atom. The first-order chi connectivity index (χ1) is 19.7. The highest BCUT2D eigenvalue weighted by atomic mass is 31.2. The summed E-state index contributed by atoms with van der Waals surface area (Å²) in [5, 5.41) is 44.2. The molecule has 0 unspecified atom stereocenters. The van der Waals surface area contributed by atoms with Crippen LogP contribution in [0.2, 0.25) is 0 Å². The summed E-state index contributed by atoms with van der Waals surface area (Å²) in [4.78, 5) is 31.6. The number of hydrogen-bond donors (Lipinski definition) is 12. The average Bonchev–Trinajstić information content (AvgIpc) is 2.92. The van der Waals surface area contributed by atoms with Gasteiger partial charge in [-0.25, -0.2) is 4.57 Å². The van der Waals surface area contributed by atoms with E-state index >= 15 is 0 Å². The lowest BCUT2D eigenvalue weighted by molar-refractivity contribution is -0.311. The summed E-state index contributed by atoms with van der Waals surface area (Å²) >= 11 is 0. The molecule has 0 aromatic carbocycles. The van der Waals surface area contributed by atoms with Crippen molar-refractivity contribution in [1.82, 2.24) is 5.32 Å². The molecule has 0 bridgehead atoms. The fourth-order valence-corrected chi connectivity index (χ4v) is 5.84. The Balaban J connectivity index is 1.91. The summed E-state index contributed by atoms with van der Waals surface area (Å²) in [6.45, 7) is -0.552. The molecule has 3 fully saturated rings. The van der Waals surface area contributed by atoms with E-state index in [-0.39, 0.29) is 32.0 Å². The van der Waals surface area contributed by atoms with Gasteiger partial charge in [0.15, 0.2) is 12.6 Å². The number of aliphatic hydroxyl groups excluding tert-OH is 4. The Kier molecular flexibility index (Phi) is 13.0. The SMILES string of the molecule is NCC[C@H](O)C(=O)N[C@@H]1C[C@H](N)[C@@H](O[C@H]2O[C@H](CN)CC[C@H]2N)[C@H](O)[C@H]1O[C@H]1O[C@H](CO)[C@@H](O)[C@H](N)[C@H]1OP(=O)(O)O. The first-order valence-corrected chi connectivity index (χ1v) is 15.2. The van der Waals surface area contributed by atoms with E-state index in [1.807, 2.05) is 0 Å². The summed E-state index contributed by atoms with van der Waals surface area (Å²) in [5.41, 5.74) is 29.7. The van der Waals surface area contributed by atoms with Crippen molar-refractivity contribution in [3.8, 4) is 0 Å². The van der Waals surface area contributed by atoms with E-state index in [2.05, 4.69) is 5.32 Å². The predicted octanol–water partition coefficient (Wildman–Crippen LogP) is -6.28. The zero-order chi connectivity index (χ0) is 31.4. The van der Waals surface area contributed by atoms with Crippen LogP contribution in [0.3, 0.4) is 0 Å². The largest absolute Gasteiger partial charge is 0.470 e. The van der Waals surface area contributed by atoms with Gasteiger partial charge < -0.3 is 83.1 Å². The van der Waals surface area contributed by atoms with Gasteiger partial charge in [0, 0.05) is 12.6 Å². The number of aliphatic hydroxyl groups is 4. The molecule has 14 atom stereocenters. The van der Waals surface area contributed by atoms with Crippen molar-refractivity contribution in [3.05, 3.63) is 0 Å². The summed E-state index contributed by atoms with van der Waals surface area (Å²) in [6, 6.07) is -4.16. The Hall–Kier alpha value is -0.940. The van der Waals surface area contributed by atoms with Gasteiger partial charge in [0.05, 0.1) is 30.8 Å². The molecule has 246 valence electrons. The average molecular weight is 633 g/mol. The minimum Gasteiger partial charge on any atom is -0.394 e. The third kappa shape index (κ3) is 8.83. The molecule has 2 aliphatic heterocycles. The molecule has 17 N–H and O–H groups in total. The molecule has 19 nitrogen and oxygen atoms in total. The van der Waals surface area contributed by atoms with Gasteiger partial charge in [-0.3, -0.25) is 9.32 Å². The number of hydrogen-bond acceptors (Lipinski definition) is 16. The highest BCUT2D eigenvalue weighted by molar-refractivity contribution is 7.46. The van der Waals surface area contributed by atoms with E-state index in [4.69, 9.17) is 52.1 Å². The second kappa shape index (κ2) is 15.4. The Bertz CT molecular complexity index is 922. The second-order valence-corrected chi connectivity index (χ2v) is 11.9. The Morgan fingerprint density at radius 2 is 1.64 bits per heavy atom. The third-order valence-corrected chi connectivity index (χ3v) is 8.12. The molecule has 0 radical (unpaired) electrons. The molecule has 42 heavy (non-hydrogen) atoms. The molecule has 0 spiro atoms. The maximum absolute atomic E-state index is 12.7. The molecule has 3 aliphatic rings. The van der Waals surface area contributed by atoms with E-state index in [9.17, 15) is 39.6 Å². The van der Waals surface area contributed by atoms with Gasteiger partial charge in [-0.05, 0) is 32.2 Å². The number of amides is 1. The molecule has 0 aromatic rings. The van der Waals surface area contributed by atoms with Gasteiger partial charge in [-0.15, -0.1) is 0 Å². The normalized spacial score (nSPS) is 42.2. The van der Waals surface area contributed by atoms with E-state index in [0.717, 1.165) is 0 Å². The van der Waals surface area contributed by atoms with Crippen molar-refractivity contribution in [2.75, 3.05) is 19.7 Å². The van der Waals surface area contributed by atoms with Crippen LogP contribution >= 0.6 is 7.82 Å². The fraction of sp³-hybridized carbons (Fsp3) is 0.955. The van der Waals surface area contributed by atoms with Crippen LogP contribution in [0.1, 0.15) is 25.7 Å². The van der Waals surface area contributed by atoms with E-state index in [1.54, 1.807) is 0 Å². The van der Waals surface area contributed by atoms with Crippen LogP contribution in [0.25, 0.3) is 0 Å². The minimum absolute atomic E-state index is 0.00272.